The Morgan fingerprint density at radius 1 is 0.714 bits per heavy atom. The van der Waals surface area contributed by atoms with Gasteiger partial charge in [-0.2, -0.15) is 8.42 Å². The van der Waals surface area contributed by atoms with E-state index in [2.05, 4.69) is 29.2 Å². The maximum absolute atomic E-state index is 11.5. The number of aromatic nitrogens is 4. The Bertz CT molecular complexity index is 2190. The summed E-state index contributed by atoms with van der Waals surface area (Å²) in [6.45, 7) is 16.1. The molecule has 0 aliphatic carbocycles. The molecule has 8 bridgehead atoms. The number of H-pyrrole nitrogens is 2. The number of aromatic amines is 2. The number of nitrogens with zero attached hydrogens (tertiary/aromatic N) is 2. The average molecular weight is 743 g/mol. The third-order valence-electron chi connectivity index (χ3n) is 8.22. The number of rotatable bonds is 8. The Kier molecular flexibility index (Phi) is 14.1. The summed E-state index contributed by atoms with van der Waals surface area (Å²) in [4.78, 5) is 40.0. The average Bonchev–Trinajstić information content (AvgIpc) is 3.63. The molecular weight excluding hydrogens is 705 g/mol. The summed E-state index contributed by atoms with van der Waals surface area (Å²) in [5.74, 6) is -1.78. The van der Waals surface area contributed by atoms with Gasteiger partial charge < -0.3 is 23.0 Å². The van der Waals surface area contributed by atoms with Gasteiger partial charge in [-0.3, -0.25) is 18.7 Å². The van der Waals surface area contributed by atoms with Gasteiger partial charge in [0.25, 0.3) is 0 Å². The molecule has 0 saturated carbocycles. The molecule has 0 fully saturated rings. The molecule has 6 N–H and O–H groups in total. The van der Waals surface area contributed by atoms with Gasteiger partial charge in [-0.25, -0.2) is 9.97 Å². The molecule has 2 aliphatic heterocycles. The molecule has 0 spiro atoms. The smallest absolute Gasteiger partial charge is 1.00 e. The Labute approximate surface area is 313 Å². The molecule has 15 heteroatoms. The van der Waals surface area contributed by atoms with Crippen LogP contribution < -0.4 is 0 Å². The standard InChI is InChI=1S/C34H34N4O4.Fe.Mg.H2O4S.2H/c1-7-21-17(3)25-13-26-19(5)23(9-11-33(39)40)31(37-26)16-32-24(10-12-34(41)42)20(6)28(38-32)15-30-22(8-2)18(4)27(36-30)14-29(21)35-25;;;1-5(2,3)4;;/h7-8,13-16,35-36H,1-2,9-12H2,3-6H3,(H,39,40)(H,41,42);;;(H2,1,2,3,4);;/q;;+2;;2*-1. The van der Waals surface area contributed by atoms with Gasteiger partial charge >= 0.3 is 45.4 Å². The van der Waals surface area contributed by atoms with Gasteiger partial charge in [0.05, 0.1) is 22.8 Å². The number of carboxylic acids is 2. The first-order valence-electron chi connectivity index (χ1n) is 14.6. The zero-order chi connectivity index (χ0) is 34.8. The van der Waals surface area contributed by atoms with Crippen LogP contribution >= 0.6 is 0 Å². The van der Waals surface area contributed by atoms with Crippen LogP contribution in [0.1, 0.15) is 87.4 Å². The quantitative estimate of drug-likeness (QED) is 0.103. The van der Waals surface area contributed by atoms with Gasteiger partial charge in [0.2, 0.25) is 0 Å². The van der Waals surface area contributed by atoms with E-state index in [1.165, 1.54) is 0 Å². The van der Waals surface area contributed by atoms with Crippen LogP contribution in [0, 0.1) is 13.8 Å². The first kappa shape index (κ1) is 41.3. The van der Waals surface area contributed by atoms with Crippen LogP contribution in [-0.4, -0.2) is 82.7 Å². The second-order valence-corrected chi connectivity index (χ2v) is 12.1. The number of hydrogen-bond donors (Lipinski definition) is 6. The molecule has 0 radical (unpaired) electrons. The van der Waals surface area contributed by atoms with Gasteiger partial charge in [0.15, 0.2) is 0 Å². The summed E-state index contributed by atoms with van der Waals surface area (Å²) < 4.78 is 31.6. The van der Waals surface area contributed by atoms with Crippen LogP contribution in [0.2, 0.25) is 0 Å². The van der Waals surface area contributed by atoms with E-state index in [0.29, 0.717) is 24.2 Å². The fraction of sp³-hybridized carbons (Fsp3) is 0.235. The summed E-state index contributed by atoms with van der Waals surface area (Å²) in [5.41, 5.74) is 13.7. The normalized spacial score (nSPS) is 12.4. The Hall–Kier alpha value is -3.82. The van der Waals surface area contributed by atoms with Gasteiger partial charge in [0, 0.05) is 63.1 Å². The molecule has 49 heavy (non-hydrogen) atoms. The van der Waals surface area contributed by atoms with E-state index in [-0.39, 0.29) is 55.8 Å². The molecule has 3 aromatic heterocycles. The number of carbonyl (C=O) groups is 2. The number of aliphatic carboxylic acids is 2. The zero-order valence-electron chi connectivity index (χ0n) is 29.5. The third kappa shape index (κ3) is 9.66. The molecule has 0 aromatic carbocycles. The van der Waals surface area contributed by atoms with Crippen LogP contribution in [0.25, 0.3) is 56.5 Å². The molecule has 258 valence electrons. The van der Waals surface area contributed by atoms with Crippen molar-refractivity contribution < 1.29 is 57.2 Å². The molecule has 5 heterocycles. The van der Waals surface area contributed by atoms with E-state index in [1.807, 2.05) is 58.0 Å². The maximum Gasteiger partial charge on any atom is 2.00 e. The van der Waals surface area contributed by atoms with Crippen molar-refractivity contribution in [2.75, 3.05) is 0 Å². The van der Waals surface area contributed by atoms with Crippen molar-refractivity contribution in [3.8, 4) is 0 Å². The van der Waals surface area contributed by atoms with Crippen LogP contribution in [0.5, 0.6) is 0 Å². The van der Waals surface area contributed by atoms with Crippen LogP contribution in [0.15, 0.2) is 37.4 Å². The van der Waals surface area contributed by atoms with Gasteiger partial charge in [0.1, 0.15) is 0 Å². The zero-order valence-corrected chi connectivity index (χ0v) is 30.8. The molecular formula is C34H38FeMgN4O8S. The van der Waals surface area contributed by atoms with Crippen LogP contribution in [0.4, 0.5) is 0 Å². The van der Waals surface area contributed by atoms with Crippen molar-refractivity contribution >= 4 is 102 Å². The summed E-state index contributed by atoms with van der Waals surface area (Å²) in [7, 11) is -4.67. The molecule has 5 rings (SSSR count). The second-order valence-electron chi connectivity index (χ2n) is 11.2. The molecule has 2 aliphatic rings. The first-order chi connectivity index (χ1) is 22.0. The topological polar surface area (TPSA) is 207 Å². The molecule has 12 nitrogen and oxygen atoms in total. The molecule has 0 atom stereocenters. The van der Waals surface area contributed by atoms with Crippen molar-refractivity contribution in [2.24, 2.45) is 0 Å². The minimum atomic E-state index is -4.67. The van der Waals surface area contributed by atoms with E-state index in [9.17, 15) is 19.8 Å². The van der Waals surface area contributed by atoms with E-state index >= 15 is 0 Å². The first-order valence-corrected chi connectivity index (χ1v) is 16.0. The summed E-state index contributed by atoms with van der Waals surface area (Å²) in [5, 5.41) is 18.9. The number of carboxylic acid groups (broad SMARTS) is 2. The van der Waals surface area contributed by atoms with E-state index < -0.39 is 22.3 Å². The monoisotopic (exact) mass is 742 g/mol. The van der Waals surface area contributed by atoms with E-state index in [0.717, 1.165) is 78.0 Å². The predicted octanol–water partition coefficient (Wildman–Crippen LogP) is 7.00. The van der Waals surface area contributed by atoms with Crippen LogP contribution in [0.3, 0.4) is 0 Å². The summed E-state index contributed by atoms with van der Waals surface area (Å²) in [6, 6.07) is 7.88. The number of fused-ring (bicyclic) bond motifs is 8. The van der Waals surface area contributed by atoms with E-state index in [1.54, 1.807) is 0 Å². The molecule has 3 aromatic rings. The number of hydrogen-bond acceptors (Lipinski definition) is 6. The van der Waals surface area contributed by atoms with E-state index in [4.69, 9.17) is 27.5 Å². The maximum atomic E-state index is 11.5. The minimum Gasteiger partial charge on any atom is -1.00 e. The number of allylic oxidation sites excluding steroid dienone is 4. The second kappa shape index (κ2) is 16.7. The van der Waals surface area contributed by atoms with Gasteiger partial charge in [-0.15, -0.1) is 0 Å². The molecule has 0 amide bonds. The summed E-state index contributed by atoms with van der Waals surface area (Å²) in [6.07, 6.45) is 4.20. The fourth-order valence-electron chi connectivity index (χ4n) is 5.77. The Morgan fingerprint density at radius 3 is 1.43 bits per heavy atom. The fourth-order valence-corrected chi connectivity index (χ4v) is 5.77. The predicted molar refractivity (Wildman–Crippen MR) is 192 cm³/mol. The van der Waals surface area contributed by atoms with Gasteiger partial charge in [-0.05, 0) is 98.2 Å². The van der Waals surface area contributed by atoms with Gasteiger partial charge in [-0.1, -0.05) is 25.3 Å². The number of aryl methyl sites for hydroxylation is 2. The van der Waals surface area contributed by atoms with Crippen molar-refractivity contribution in [1.29, 1.82) is 0 Å². The van der Waals surface area contributed by atoms with Crippen LogP contribution in [-0.2, 0) is 37.1 Å². The number of nitrogens with one attached hydrogen (secondary N) is 2. The SMILES string of the molecule is C=Cc1c(C)c2cc3[nH]c(cc4nc(cc5nc(cc1[nH]2)C(C)=C5CCC(=O)O)C(CCC(=O)O)=C4C)c(C)c3C=C.O=S(=O)(O)O.[Fe].[H-].[H-].[Mg+2]. The van der Waals surface area contributed by atoms with Crippen molar-refractivity contribution in [3.05, 3.63) is 82.5 Å². The van der Waals surface area contributed by atoms with Crippen molar-refractivity contribution in [2.45, 2.75) is 53.4 Å². The largest absolute Gasteiger partial charge is 2.00 e. The molecule has 0 saturated heterocycles. The third-order valence-corrected chi connectivity index (χ3v) is 8.22. The summed E-state index contributed by atoms with van der Waals surface area (Å²) >= 11 is 0. The van der Waals surface area contributed by atoms with Crippen molar-refractivity contribution in [3.63, 3.8) is 0 Å². The minimum absolute atomic E-state index is 0. The Balaban J connectivity index is 0.00000260. The van der Waals surface area contributed by atoms with Crippen molar-refractivity contribution in [1.82, 2.24) is 19.9 Å². The molecule has 0 unspecified atom stereocenters. The Morgan fingerprint density at radius 2 is 1.06 bits per heavy atom.